The molecule has 0 amide bonds. The van der Waals surface area contributed by atoms with E-state index in [1.807, 2.05) is 0 Å². The Balaban J connectivity index is 4.34. The molecule has 0 rings (SSSR count). The molecule has 0 aromatic carbocycles. The highest BCUT2D eigenvalue weighted by Crippen LogP contribution is 2.46. The minimum atomic E-state index is -4.56. The number of carbonyl (C=O) groups is 2. The molecule has 0 bridgehead atoms. The van der Waals surface area contributed by atoms with Crippen LogP contribution in [0.3, 0.4) is 0 Å². The molecule has 0 aliphatic rings. The Labute approximate surface area is 110 Å². The second-order valence-corrected chi connectivity index (χ2v) is 4.46. The molecule has 0 saturated carbocycles. The van der Waals surface area contributed by atoms with E-state index in [1.54, 1.807) is 0 Å². The Morgan fingerprint density at radius 1 is 1.05 bits per heavy atom. The van der Waals surface area contributed by atoms with Gasteiger partial charge in [0.05, 0.1) is 0 Å². The quantitative estimate of drug-likeness (QED) is 0.308. The summed E-state index contributed by atoms with van der Waals surface area (Å²) in [6.45, 7) is 8.69. The minimum Gasteiger partial charge on any atom is -0.432 e. The van der Waals surface area contributed by atoms with E-state index in [2.05, 4.69) is 31.7 Å². The first-order valence-corrected chi connectivity index (χ1v) is 6.55. The molecule has 0 radical (unpaired) electrons. The third kappa shape index (κ3) is 8.28. The lowest BCUT2D eigenvalue weighted by Gasteiger charge is -2.19. The summed E-state index contributed by atoms with van der Waals surface area (Å²) in [4.78, 5) is 30.9. The topological polar surface area (TPSA) is 108 Å². The van der Waals surface area contributed by atoms with E-state index in [1.165, 1.54) is 13.8 Å². The second kappa shape index (κ2) is 7.85. The molecular weight excluding hydrogens is 279 g/mol. The first kappa shape index (κ1) is 17.5. The van der Waals surface area contributed by atoms with Crippen LogP contribution in [0.25, 0.3) is 0 Å². The van der Waals surface area contributed by atoms with Crippen LogP contribution in [0.1, 0.15) is 13.8 Å². The van der Waals surface area contributed by atoms with Gasteiger partial charge in [0.25, 0.3) is 0 Å². The Hall–Kier alpha value is -1.47. The summed E-state index contributed by atoms with van der Waals surface area (Å²) in [5.74, 6) is -1.67. The molecule has 108 valence electrons. The van der Waals surface area contributed by atoms with E-state index >= 15 is 0 Å². The summed E-state index contributed by atoms with van der Waals surface area (Å²) in [6, 6.07) is 0. The normalized spacial score (nSPS) is 16.6. The van der Waals surface area contributed by atoms with Crippen molar-refractivity contribution in [3.05, 3.63) is 25.3 Å². The van der Waals surface area contributed by atoms with Gasteiger partial charge in [0, 0.05) is 12.2 Å². The van der Waals surface area contributed by atoms with E-state index in [0.717, 1.165) is 12.2 Å². The summed E-state index contributed by atoms with van der Waals surface area (Å²) in [5.41, 5.74) is 0. The largest absolute Gasteiger partial charge is 0.478 e. The first-order valence-electron chi connectivity index (χ1n) is 5.06. The van der Waals surface area contributed by atoms with Crippen LogP contribution >= 0.6 is 7.82 Å². The molecule has 2 unspecified atom stereocenters. The fraction of sp³-hybridized carbons (Fsp3) is 0.400. The Morgan fingerprint density at radius 2 is 1.37 bits per heavy atom. The van der Waals surface area contributed by atoms with Gasteiger partial charge in [0.2, 0.25) is 12.6 Å². The lowest BCUT2D eigenvalue weighted by atomic mass is 10.6. The summed E-state index contributed by atoms with van der Waals surface area (Å²) < 4.78 is 29.4. The highest BCUT2D eigenvalue weighted by molar-refractivity contribution is 7.47. The third-order valence-corrected chi connectivity index (χ3v) is 2.59. The van der Waals surface area contributed by atoms with Crippen molar-refractivity contribution in [2.24, 2.45) is 0 Å². The van der Waals surface area contributed by atoms with Crippen molar-refractivity contribution in [3.8, 4) is 0 Å². The molecule has 0 aliphatic heterocycles. The molecule has 0 aromatic heterocycles. The van der Waals surface area contributed by atoms with Crippen LogP contribution in [0.5, 0.6) is 0 Å². The molecule has 8 nitrogen and oxygen atoms in total. The highest BCUT2D eigenvalue weighted by Gasteiger charge is 2.29. The molecule has 0 aromatic rings. The van der Waals surface area contributed by atoms with Crippen molar-refractivity contribution < 1.29 is 37.6 Å². The zero-order valence-corrected chi connectivity index (χ0v) is 11.4. The van der Waals surface area contributed by atoms with Gasteiger partial charge >= 0.3 is 19.8 Å². The van der Waals surface area contributed by atoms with Crippen molar-refractivity contribution in [2.75, 3.05) is 0 Å². The smallest absolute Gasteiger partial charge is 0.432 e. The molecule has 9 heteroatoms. The van der Waals surface area contributed by atoms with Crippen LogP contribution in [0.15, 0.2) is 25.3 Å². The van der Waals surface area contributed by atoms with Crippen molar-refractivity contribution in [2.45, 2.75) is 26.4 Å². The van der Waals surface area contributed by atoms with Gasteiger partial charge in [-0.15, -0.1) is 0 Å². The summed E-state index contributed by atoms with van der Waals surface area (Å²) >= 11 is 0. The van der Waals surface area contributed by atoms with Crippen LogP contribution in [0, 0.1) is 0 Å². The predicted molar refractivity (Wildman–Crippen MR) is 63.5 cm³/mol. The number of phosphoric acid groups is 1. The Bertz CT molecular complexity index is 370. The van der Waals surface area contributed by atoms with Crippen LogP contribution in [0.2, 0.25) is 0 Å². The third-order valence-electron chi connectivity index (χ3n) is 1.46. The van der Waals surface area contributed by atoms with E-state index < -0.39 is 32.3 Å². The molecule has 0 aliphatic carbocycles. The molecule has 1 N–H and O–H groups in total. The van der Waals surface area contributed by atoms with E-state index in [0.29, 0.717) is 0 Å². The van der Waals surface area contributed by atoms with Gasteiger partial charge in [-0.05, 0) is 13.8 Å². The van der Waals surface area contributed by atoms with Crippen LogP contribution in [-0.2, 0) is 32.7 Å². The molecular formula is C10H15O8P. The molecule has 0 fully saturated rings. The molecule has 0 spiro atoms. The Morgan fingerprint density at radius 3 is 1.63 bits per heavy atom. The number of phosphoric ester groups is 1. The van der Waals surface area contributed by atoms with E-state index in [4.69, 9.17) is 0 Å². The van der Waals surface area contributed by atoms with Crippen LogP contribution in [0.4, 0.5) is 0 Å². The van der Waals surface area contributed by atoms with Gasteiger partial charge < -0.3 is 14.4 Å². The molecule has 0 saturated heterocycles. The van der Waals surface area contributed by atoms with Gasteiger partial charge in [-0.3, -0.25) is 0 Å². The number of rotatable bonds is 8. The molecule has 0 heterocycles. The summed E-state index contributed by atoms with van der Waals surface area (Å²) in [5, 5.41) is 0. The molecule has 2 atom stereocenters. The van der Waals surface area contributed by atoms with Gasteiger partial charge in [-0.1, -0.05) is 13.2 Å². The van der Waals surface area contributed by atoms with Gasteiger partial charge in [0.15, 0.2) is 0 Å². The lowest BCUT2D eigenvalue weighted by Crippen LogP contribution is -2.20. The maximum atomic E-state index is 11.5. The van der Waals surface area contributed by atoms with Gasteiger partial charge in [-0.25, -0.2) is 23.2 Å². The standard InChI is InChI=1S/C10H15O8P/c1-5-9(11)15-7(3)17-19(13,14)18-8(4)16-10(12)6-2/h5-8H,1-2H2,3-4H3,(H,13,14). The van der Waals surface area contributed by atoms with Gasteiger partial charge in [0.1, 0.15) is 0 Å². The van der Waals surface area contributed by atoms with E-state index in [9.17, 15) is 19.0 Å². The Kier molecular flexibility index (Phi) is 7.25. The average molecular weight is 294 g/mol. The fourth-order valence-corrected chi connectivity index (χ4v) is 1.75. The summed E-state index contributed by atoms with van der Waals surface area (Å²) in [7, 11) is -4.56. The average Bonchev–Trinajstić information content (AvgIpc) is 2.26. The van der Waals surface area contributed by atoms with Crippen molar-refractivity contribution in [1.29, 1.82) is 0 Å². The SMILES string of the molecule is C=CC(=O)OC(C)OP(=O)(O)OC(C)OC(=O)C=C. The summed E-state index contributed by atoms with van der Waals surface area (Å²) in [6.07, 6.45) is -0.970. The molecule has 19 heavy (non-hydrogen) atoms. The number of hydrogen-bond donors (Lipinski definition) is 1. The van der Waals surface area contributed by atoms with E-state index in [-0.39, 0.29) is 0 Å². The van der Waals surface area contributed by atoms with Crippen LogP contribution in [-0.4, -0.2) is 29.4 Å². The second-order valence-electron chi connectivity index (χ2n) is 3.10. The lowest BCUT2D eigenvalue weighted by molar-refractivity contribution is -0.163. The first-order chi connectivity index (χ1) is 8.70. The predicted octanol–water partition coefficient (Wildman–Crippen LogP) is 1.27. The number of ether oxygens (including phenoxy) is 2. The fourth-order valence-electron chi connectivity index (χ4n) is 0.866. The maximum absolute atomic E-state index is 11.5. The van der Waals surface area contributed by atoms with Crippen molar-refractivity contribution in [3.63, 3.8) is 0 Å². The number of esters is 2. The number of carbonyl (C=O) groups excluding carboxylic acids is 2. The zero-order chi connectivity index (χ0) is 15.1. The van der Waals surface area contributed by atoms with Gasteiger partial charge in [-0.2, -0.15) is 0 Å². The zero-order valence-electron chi connectivity index (χ0n) is 10.5. The van der Waals surface area contributed by atoms with Crippen molar-refractivity contribution >= 4 is 19.8 Å². The monoisotopic (exact) mass is 294 g/mol. The number of hydrogen-bond acceptors (Lipinski definition) is 7. The van der Waals surface area contributed by atoms with Crippen molar-refractivity contribution in [1.82, 2.24) is 0 Å². The van der Waals surface area contributed by atoms with Crippen LogP contribution < -0.4 is 0 Å². The maximum Gasteiger partial charge on any atom is 0.478 e. The highest BCUT2D eigenvalue weighted by atomic mass is 31.2. The minimum absolute atomic E-state index is 0.835.